The number of halogens is 3. The van der Waals surface area contributed by atoms with Gasteiger partial charge in [-0.3, -0.25) is 0 Å². The molecular weight excluding hydrogens is 217 g/mol. The zero-order chi connectivity index (χ0) is 11.8. The van der Waals surface area contributed by atoms with Gasteiger partial charge in [-0.15, -0.1) is 0 Å². The van der Waals surface area contributed by atoms with Crippen LogP contribution in [0.1, 0.15) is 11.5 Å². The number of benzene rings is 1. The summed E-state index contributed by atoms with van der Waals surface area (Å²) in [5, 5.41) is 0.579. The molecule has 16 heavy (non-hydrogen) atoms. The molecular formula is C11H11F3N2. The van der Waals surface area contributed by atoms with Gasteiger partial charge in [0.25, 0.3) is 0 Å². The molecule has 0 radical (unpaired) electrons. The summed E-state index contributed by atoms with van der Waals surface area (Å²) in [7, 11) is 0. The van der Waals surface area contributed by atoms with E-state index in [0.29, 0.717) is 10.9 Å². The number of H-pyrrole nitrogens is 1. The van der Waals surface area contributed by atoms with Crippen LogP contribution < -0.4 is 5.73 Å². The maximum Gasteiger partial charge on any atom is 0.397 e. The number of alkyl halides is 3. The lowest BCUT2D eigenvalue weighted by Crippen LogP contribution is -2.27. The largest absolute Gasteiger partial charge is 0.397 e. The molecule has 3 N–H and O–H groups in total. The topological polar surface area (TPSA) is 41.8 Å². The molecule has 0 bridgehead atoms. The molecule has 5 heteroatoms. The van der Waals surface area contributed by atoms with Gasteiger partial charge in [0.15, 0.2) is 0 Å². The van der Waals surface area contributed by atoms with Crippen LogP contribution in [-0.2, 0) is 0 Å². The first-order valence-corrected chi connectivity index (χ1v) is 4.87. The fraction of sp³-hybridized carbons (Fsp3) is 0.273. The molecule has 0 aliphatic heterocycles. The van der Waals surface area contributed by atoms with E-state index in [1.807, 2.05) is 0 Å². The Balaban J connectivity index is 2.54. The van der Waals surface area contributed by atoms with Gasteiger partial charge in [-0.25, -0.2) is 0 Å². The van der Waals surface area contributed by atoms with E-state index >= 15 is 0 Å². The lowest BCUT2D eigenvalue weighted by Gasteiger charge is -2.17. The Labute approximate surface area is 90.3 Å². The van der Waals surface area contributed by atoms with Crippen molar-refractivity contribution in [1.29, 1.82) is 0 Å². The monoisotopic (exact) mass is 228 g/mol. The van der Waals surface area contributed by atoms with E-state index in [2.05, 4.69) is 4.98 Å². The zero-order valence-electron chi connectivity index (χ0n) is 8.38. The van der Waals surface area contributed by atoms with Gasteiger partial charge in [-0.1, -0.05) is 18.2 Å². The Kier molecular flexibility index (Phi) is 2.63. The molecule has 86 valence electrons. The highest BCUT2D eigenvalue weighted by molar-refractivity contribution is 5.83. The van der Waals surface area contributed by atoms with Crippen LogP contribution in [0, 0.1) is 0 Å². The van der Waals surface area contributed by atoms with Crippen LogP contribution in [0.25, 0.3) is 10.9 Å². The molecule has 2 rings (SSSR count). The first kappa shape index (κ1) is 11.0. The lowest BCUT2D eigenvalue weighted by atomic mass is 9.98. The minimum atomic E-state index is -4.31. The minimum Gasteiger partial charge on any atom is -0.361 e. The zero-order valence-corrected chi connectivity index (χ0v) is 8.38. The maximum absolute atomic E-state index is 12.7. The summed E-state index contributed by atoms with van der Waals surface area (Å²) in [6, 6.07) is 6.88. The Hall–Kier alpha value is -1.49. The third kappa shape index (κ3) is 1.78. The highest BCUT2D eigenvalue weighted by Gasteiger charge is 2.40. The van der Waals surface area contributed by atoms with Crippen LogP contribution in [0.5, 0.6) is 0 Å². The van der Waals surface area contributed by atoms with E-state index in [1.54, 1.807) is 24.3 Å². The standard InChI is InChI=1S/C11H11F3N2/c12-11(13,14)9(5-15)8-6-16-10-4-2-1-3-7(8)10/h1-4,6,9,16H,5,15H2/t9-/m1/s1. The third-order valence-corrected chi connectivity index (χ3v) is 2.63. The number of hydrogen-bond donors (Lipinski definition) is 2. The van der Waals surface area contributed by atoms with E-state index in [9.17, 15) is 13.2 Å². The Bertz CT molecular complexity index is 487. The summed E-state index contributed by atoms with van der Waals surface area (Å²) in [5.74, 6) is -1.61. The second-order valence-electron chi connectivity index (χ2n) is 3.62. The van der Waals surface area contributed by atoms with Crippen LogP contribution in [0.4, 0.5) is 13.2 Å². The minimum absolute atomic E-state index is 0.214. The van der Waals surface area contributed by atoms with E-state index in [0.717, 1.165) is 0 Å². The molecule has 2 nitrogen and oxygen atoms in total. The fourth-order valence-electron chi connectivity index (χ4n) is 1.82. The predicted octanol–water partition coefficient (Wildman–Crippen LogP) is 2.77. The molecule has 0 aliphatic carbocycles. The fourth-order valence-corrected chi connectivity index (χ4v) is 1.82. The third-order valence-electron chi connectivity index (χ3n) is 2.63. The second-order valence-corrected chi connectivity index (χ2v) is 3.62. The normalized spacial score (nSPS) is 14.2. The van der Waals surface area contributed by atoms with Gasteiger partial charge in [0, 0.05) is 23.6 Å². The van der Waals surface area contributed by atoms with E-state index < -0.39 is 18.6 Å². The molecule has 0 saturated carbocycles. The molecule has 1 heterocycles. The average molecular weight is 228 g/mol. The van der Waals surface area contributed by atoms with Crippen molar-refractivity contribution in [3.8, 4) is 0 Å². The van der Waals surface area contributed by atoms with Crippen molar-refractivity contribution in [3.05, 3.63) is 36.0 Å². The van der Waals surface area contributed by atoms with E-state index in [1.165, 1.54) is 6.20 Å². The smallest absolute Gasteiger partial charge is 0.361 e. The number of nitrogens with two attached hydrogens (primary N) is 1. The van der Waals surface area contributed by atoms with Crippen LogP contribution in [-0.4, -0.2) is 17.7 Å². The average Bonchev–Trinajstić information content (AvgIpc) is 2.61. The van der Waals surface area contributed by atoms with Crippen molar-refractivity contribution in [1.82, 2.24) is 4.98 Å². The van der Waals surface area contributed by atoms with Crippen molar-refractivity contribution in [2.75, 3.05) is 6.54 Å². The van der Waals surface area contributed by atoms with Crippen molar-refractivity contribution in [2.45, 2.75) is 12.1 Å². The first-order chi connectivity index (χ1) is 7.54. The van der Waals surface area contributed by atoms with E-state index in [4.69, 9.17) is 5.73 Å². The highest BCUT2D eigenvalue weighted by Crippen LogP contribution is 2.37. The Morgan fingerprint density at radius 3 is 2.56 bits per heavy atom. The SMILES string of the molecule is NC[C@H](c1c[nH]c2ccccc12)C(F)(F)F. The van der Waals surface area contributed by atoms with Crippen molar-refractivity contribution < 1.29 is 13.2 Å². The van der Waals surface area contributed by atoms with Crippen LogP contribution in [0.3, 0.4) is 0 Å². The van der Waals surface area contributed by atoms with Gasteiger partial charge in [-0.2, -0.15) is 13.2 Å². The van der Waals surface area contributed by atoms with Crippen LogP contribution >= 0.6 is 0 Å². The van der Waals surface area contributed by atoms with Crippen molar-refractivity contribution in [3.63, 3.8) is 0 Å². The van der Waals surface area contributed by atoms with Gasteiger partial charge in [0.05, 0.1) is 5.92 Å². The van der Waals surface area contributed by atoms with Crippen molar-refractivity contribution in [2.24, 2.45) is 5.73 Å². The van der Waals surface area contributed by atoms with Crippen molar-refractivity contribution >= 4 is 10.9 Å². The molecule has 0 spiro atoms. The molecule has 1 aromatic heterocycles. The molecule has 0 saturated heterocycles. The number of para-hydroxylation sites is 1. The molecule has 1 atom stereocenters. The Morgan fingerprint density at radius 2 is 1.94 bits per heavy atom. The van der Waals surface area contributed by atoms with E-state index in [-0.39, 0.29) is 5.56 Å². The maximum atomic E-state index is 12.7. The van der Waals surface area contributed by atoms with Crippen LogP contribution in [0.15, 0.2) is 30.5 Å². The van der Waals surface area contributed by atoms with Gasteiger partial charge in [-0.05, 0) is 11.6 Å². The summed E-state index contributed by atoms with van der Waals surface area (Å²) >= 11 is 0. The Morgan fingerprint density at radius 1 is 1.25 bits per heavy atom. The number of aromatic amines is 1. The van der Waals surface area contributed by atoms with Gasteiger partial charge in [0.2, 0.25) is 0 Å². The van der Waals surface area contributed by atoms with Crippen LogP contribution in [0.2, 0.25) is 0 Å². The lowest BCUT2D eigenvalue weighted by molar-refractivity contribution is -0.147. The summed E-state index contributed by atoms with van der Waals surface area (Å²) < 4.78 is 38.2. The highest BCUT2D eigenvalue weighted by atomic mass is 19.4. The second kappa shape index (κ2) is 3.83. The molecule has 1 aromatic carbocycles. The summed E-state index contributed by atoms with van der Waals surface area (Å²) in [4.78, 5) is 2.82. The molecule has 2 aromatic rings. The van der Waals surface area contributed by atoms with Gasteiger partial charge < -0.3 is 10.7 Å². The summed E-state index contributed by atoms with van der Waals surface area (Å²) in [6.07, 6.45) is -2.92. The summed E-state index contributed by atoms with van der Waals surface area (Å²) in [5.41, 5.74) is 6.12. The number of aromatic nitrogens is 1. The molecule has 0 unspecified atom stereocenters. The number of hydrogen-bond acceptors (Lipinski definition) is 1. The number of rotatable bonds is 2. The quantitative estimate of drug-likeness (QED) is 0.815. The molecule has 0 fully saturated rings. The predicted molar refractivity (Wildman–Crippen MR) is 56.1 cm³/mol. The first-order valence-electron chi connectivity index (χ1n) is 4.87. The molecule has 0 amide bonds. The number of fused-ring (bicyclic) bond motifs is 1. The van der Waals surface area contributed by atoms with Gasteiger partial charge in [0.1, 0.15) is 0 Å². The number of nitrogens with one attached hydrogen (secondary N) is 1. The van der Waals surface area contributed by atoms with Gasteiger partial charge >= 0.3 is 6.18 Å². The molecule has 0 aliphatic rings. The summed E-state index contributed by atoms with van der Waals surface area (Å²) in [6.45, 7) is -0.439.